The van der Waals surface area contributed by atoms with E-state index in [9.17, 15) is 9.50 Å². The van der Waals surface area contributed by atoms with Gasteiger partial charge in [-0.25, -0.2) is 4.39 Å². The smallest absolute Gasteiger partial charge is 0.178 e. The van der Waals surface area contributed by atoms with Crippen molar-refractivity contribution in [3.8, 4) is 11.8 Å². The van der Waals surface area contributed by atoms with Crippen molar-refractivity contribution in [2.45, 2.75) is 6.42 Å². The van der Waals surface area contributed by atoms with E-state index in [1.165, 1.54) is 12.3 Å². The minimum Gasteiger partial charge on any atom is -0.503 e. The van der Waals surface area contributed by atoms with Gasteiger partial charge < -0.3 is 5.11 Å². The van der Waals surface area contributed by atoms with Gasteiger partial charge in [0.15, 0.2) is 11.6 Å². The topological polar surface area (TPSA) is 60.2 Å². The van der Waals surface area contributed by atoms with Gasteiger partial charge in [-0.15, -0.1) is 0 Å². The maximum Gasteiger partial charge on any atom is 0.178 e. The van der Waals surface area contributed by atoms with Gasteiger partial charge in [-0.3, -0.25) is 9.88 Å². The number of nitriles is 1. The van der Waals surface area contributed by atoms with Crippen LogP contribution in [0.25, 0.3) is 10.9 Å². The first-order valence-electron chi connectivity index (χ1n) is 5.94. The third-order valence-electron chi connectivity index (χ3n) is 3.01. The normalized spacial score (nSPS) is 10.8. The van der Waals surface area contributed by atoms with Gasteiger partial charge in [0.25, 0.3) is 0 Å². The Balaban J connectivity index is 2.33. The van der Waals surface area contributed by atoms with Gasteiger partial charge in [-0.2, -0.15) is 5.26 Å². The lowest BCUT2D eigenvalue weighted by Crippen LogP contribution is -2.21. The molecule has 1 aromatic heterocycles. The molecule has 1 N–H and O–H groups in total. The summed E-state index contributed by atoms with van der Waals surface area (Å²) in [4.78, 5) is 5.86. The zero-order chi connectivity index (χ0) is 13.8. The first kappa shape index (κ1) is 13.2. The molecule has 0 amide bonds. The van der Waals surface area contributed by atoms with Gasteiger partial charge >= 0.3 is 0 Å². The molecule has 5 heteroatoms. The molecular weight excluding hydrogens is 245 g/mol. The predicted molar refractivity (Wildman–Crippen MR) is 70.2 cm³/mol. The average Bonchev–Trinajstić information content (AvgIpc) is 2.42. The van der Waals surface area contributed by atoms with Crippen LogP contribution < -0.4 is 0 Å². The number of nitrogens with zero attached hydrogens (tertiary/aromatic N) is 3. The maximum absolute atomic E-state index is 13.6. The summed E-state index contributed by atoms with van der Waals surface area (Å²) < 4.78 is 13.6. The molecule has 2 aromatic rings. The van der Waals surface area contributed by atoms with E-state index in [-0.39, 0.29) is 5.52 Å². The number of likely N-dealkylation sites (N-methyl/N-ethyl adjacent to an activating group) is 1. The zero-order valence-electron chi connectivity index (χ0n) is 10.6. The Morgan fingerprint density at radius 3 is 3.05 bits per heavy atom. The molecule has 1 aromatic carbocycles. The van der Waals surface area contributed by atoms with Crippen molar-refractivity contribution in [3.63, 3.8) is 0 Å². The Hall–Kier alpha value is -2.19. The van der Waals surface area contributed by atoms with Crippen molar-refractivity contribution < 1.29 is 9.50 Å². The molecule has 0 bridgehead atoms. The van der Waals surface area contributed by atoms with Gasteiger partial charge in [-0.1, -0.05) is 6.07 Å². The van der Waals surface area contributed by atoms with E-state index < -0.39 is 11.6 Å². The van der Waals surface area contributed by atoms with Crippen LogP contribution in [-0.2, 0) is 6.42 Å². The molecule has 0 aliphatic rings. The van der Waals surface area contributed by atoms with Crippen LogP contribution in [0.15, 0.2) is 24.4 Å². The van der Waals surface area contributed by atoms with Crippen molar-refractivity contribution in [1.82, 2.24) is 9.88 Å². The van der Waals surface area contributed by atoms with Crippen LogP contribution >= 0.6 is 0 Å². The van der Waals surface area contributed by atoms with E-state index in [2.05, 4.69) is 11.1 Å². The quantitative estimate of drug-likeness (QED) is 0.854. The standard InChI is InChI=1S/C14H14FN3O/c1-18(8-5-16)7-4-10-9-12(15)14(19)13-11(10)3-2-6-17-13/h2-3,6,9,19H,4,7-8H2,1H3. The molecule has 0 saturated carbocycles. The SMILES string of the molecule is CN(CC#N)CCc1cc(F)c(O)c2ncccc12. The summed E-state index contributed by atoms with van der Waals surface area (Å²) in [6.07, 6.45) is 2.12. The predicted octanol–water partition coefficient (Wildman–Crippen LogP) is 2.08. The summed E-state index contributed by atoms with van der Waals surface area (Å²) in [5, 5.41) is 19.0. The fraction of sp³-hybridized carbons (Fsp3) is 0.286. The molecule has 19 heavy (non-hydrogen) atoms. The second-order valence-electron chi connectivity index (χ2n) is 4.41. The van der Waals surface area contributed by atoms with Gasteiger partial charge in [0.05, 0.1) is 12.6 Å². The van der Waals surface area contributed by atoms with Crippen LogP contribution in [0.2, 0.25) is 0 Å². The van der Waals surface area contributed by atoms with Gasteiger partial charge in [-0.05, 0) is 31.2 Å². The Labute approximate surface area is 110 Å². The lowest BCUT2D eigenvalue weighted by atomic mass is 10.0. The minimum absolute atomic E-state index is 0.278. The van der Waals surface area contributed by atoms with Crippen molar-refractivity contribution in [1.29, 1.82) is 5.26 Å². The van der Waals surface area contributed by atoms with Crippen LogP contribution in [0.3, 0.4) is 0 Å². The highest BCUT2D eigenvalue weighted by molar-refractivity contribution is 5.87. The van der Waals surface area contributed by atoms with Crippen molar-refractivity contribution in [2.75, 3.05) is 20.1 Å². The Bertz CT molecular complexity index is 636. The third-order valence-corrected chi connectivity index (χ3v) is 3.01. The molecular formula is C14H14FN3O. The number of phenolic OH excluding ortho intramolecular Hbond substituents is 1. The molecule has 0 aliphatic carbocycles. The highest BCUT2D eigenvalue weighted by atomic mass is 19.1. The van der Waals surface area contributed by atoms with Crippen LogP contribution in [0.5, 0.6) is 5.75 Å². The van der Waals surface area contributed by atoms with Gasteiger partial charge in [0.2, 0.25) is 0 Å². The molecule has 0 fully saturated rings. The maximum atomic E-state index is 13.6. The molecule has 0 atom stereocenters. The molecule has 1 heterocycles. The van der Waals surface area contributed by atoms with Gasteiger partial charge in [0.1, 0.15) is 5.52 Å². The molecule has 2 rings (SSSR count). The molecule has 0 spiro atoms. The van der Waals surface area contributed by atoms with Crippen LogP contribution in [0, 0.1) is 17.1 Å². The summed E-state index contributed by atoms with van der Waals surface area (Å²) >= 11 is 0. The van der Waals surface area contributed by atoms with Crippen LogP contribution in [0.1, 0.15) is 5.56 Å². The number of hydrogen-bond donors (Lipinski definition) is 1. The fourth-order valence-electron chi connectivity index (χ4n) is 1.98. The van der Waals surface area contributed by atoms with E-state index in [1.54, 1.807) is 12.1 Å². The van der Waals surface area contributed by atoms with E-state index in [0.29, 0.717) is 19.5 Å². The average molecular weight is 259 g/mol. The summed E-state index contributed by atoms with van der Waals surface area (Å²) in [6.45, 7) is 0.971. The summed E-state index contributed by atoms with van der Waals surface area (Å²) in [6, 6.07) is 6.95. The van der Waals surface area contributed by atoms with E-state index >= 15 is 0 Å². The molecule has 0 saturated heterocycles. The number of phenols is 1. The number of rotatable bonds is 4. The number of hydrogen-bond acceptors (Lipinski definition) is 4. The first-order chi connectivity index (χ1) is 9.13. The van der Waals surface area contributed by atoms with Crippen molar-refractivity contribution >= 4 is 10.9 Å². The highest BCUT2D eigenvalue weighted by Gasteiger charge is 2.12. The summed E-state index contributed by atoms with van der Waals surface area (Å²) in [7, 11) is 1.83. The second-order valence-corrected chi connectivity index (χ2v) is 4.41. The van der Waals surface area contributed by atoms with Crippen LogP contribution in [-0.4, -0.2) is 35.1 Å². The number of fused-ring (bicyclic) bond motifs is 1. The van der Waals surface area contributed by atoms with E-state index in [0.717, 1.165) is 10.9 Å². The Kier molecular flexibility index (Phi) is 3.93. The number of aromatic hydroxyl groups is 1. The van der Waals surface area contributed by atoms with Crippen LogP contribution in [0.4, 0.5) is 4.39 Å². The lowest BCUT2D eigenvalue weighted by molar-refractivity contribution is 0.379. The first-order valence-corrected chi connectivity index (χ1v) is 5.94. The summed E-state index contributed by atoms with van der Waals surface area (Å²) in [5.74, 6) is -1.08. The minimum atomic E-state index is -0.663. The fourth-order valence-corrected chi connectivity index (χ4v) is 1.98. The number of halogens is 1. The van der Waals surface area contributed by atoms with Crippen molar-refractivity contribution in [3.05, 3.63) is 35.8 Å². The second kappa shape index (κ2) is 5.63. The van der Waals surface area contributed by atoms with Crippen molar-refractivity contribution in [2.24, 2.45) is 0 Å². The molecule has 0 aliphatic heterocycles. The monoisotopic (exact) mass is 259 g/mol. The molecule has 0 unspecified atom stereocenters. The lowest BCUT2D eigenvalue weighted by Gasteiger charge is -2.14. The Morgan fingerprint density at radius 1 is 1.53 bits per heavy atom. The largest absolute Gasteiger partial charge is 0.503 e. The van der Waals surface area contributed by atoms with E-state index in [1.807, 2.05) is 11.9 Å². The molecule has 0 radical (unpaired) electrons. The molecule has 4 nitrogen and oxygen atoms in total. The number of benzene rings is 1. The number of pyridine rings is 1. The zero-order valence-corrected chi connectivity index (χ0v) is 10.6. The Morgan fingerprint density at radius 2 is 2.32 bits per heavy atom. The van der Waals surface area contributed by atoms with E-state index in [4.69, 9.17) is 5.26 Å². The molecule has 98 valence electrons. The third kappa shape index (κ3) is 2.80. The highest BCUT2D eigenvalue weighted by Crippen LogP contribution is 2.29. The summed E-state index contributed by atoms with van der Waals surface area (Å²) in [5.41, 5.74) is 1.06. The number of aromatic nitrogens is 1. The van der Waals surface area contributed by atoms with Gasteiger partial charge in [0, 0.05) is 18.1 Å².